The van der Waals surface area contributed by atoms with Crippen molar-refractivity contribution in [2.75, 3.05) is 26.0 Å². The minimum atomic E-state index is -0.454. The molecule has 0 fully saturated rings. The Morgan fingerprint density at radius 1 is 1.33 bits per heavy atom. The number of amides is 1. The molecule has 0 aliphatic carbocycles. The van der Waals surface area contributed by atoms with E-state index in [1.54, 1.807) is 31.4 Å². The highest BCUT2D eigenvalue weighted by Gasteiger charge is 2.13. The summed E-state index contributed by atoms with van der Waals surface area (Å²) in [6.07, 6.45) is 0. The zero-order valence-electron chi connectivity index (χ0n) is 14.4. The van der Waals surface area contributed by atoms with Crippen LogP contribution in [0.2, 0.25) is 0 Å². The summed E-state index contributed by atoms with van der Waals surface area (Å²) in [5.74, 6) is 0.0105. The SMILES string of the molecule is COCCNC(=O)CSc1nnc2ccc(-c3cccc([N+](=O)[O-])c3)nn12. The van der Waals surface area contributed by atoms with Gasteiger partial charge in [-0.05, 0) is 12.1 Å². The molecule has 0 saturated carbocycles. The molecule has 0 unspecified atom stereocenters. The van der Waals surface area contributed by atoms with Crippen LogP contribution in [0.5, 0.6) is 0 Å². The smallest absolute Gasteiger partial charge is 0.270 e. The number of rotatable bonds is 8. The van der Waals surface area contributed by atoms with Gasteiger partial charge in [-0.1, -0.05) is 23.9 Å². The van der Waals surface area contributed by atoms with Crippen molar-refractivity contribution in [1.29, 1.82) is 0 Å². The van der Waals surface area contributed by atoms with Crippen molar-refractivity contribution >= 4 is 29.0 Å². The maximum atomic E-state index is 11.8. The fourth-order valence-corrected chi connectivity index (χ4v) is 2.98. The molecule has 2 aromatic heterocycles. The largest absolute Gasteiger partial charge is 0.383 e. The first-order valence-electron chi connectivity index (χ1n) is 7.94. The Balaban J connectivity index is 1.79. The molecule has 0 radical (unpaired) electrons. The molecule has 10 nitrogen and oxygen atoms in total. The first-order valence-corrected chi connectivity index (χ1v) is 8.93. The second-order valence-electron chi connectivity index (χ2n) is 5.41. The molecule has 1 amide bonds. The predicted octanol–water partition coefficient (Wildman–Crippen LogP) is 1.55. The van der Waals surface area contributed by atoms with E-state index < -0.39 is 4.92 Å². The van der Waals surface area contributed by atoms with Crippen LogP contribution < -0.4 is 5.32 Å². The summed E-state index contributed by atoms with van der Waals surface area (Å²) >= 11 is 1.20. The zero-order valence-corrected chi connectivity index (χ0v) is 15.2. The third-order valence-electron chi connectivity index (χ3n) is 3.55. The van der Waals surface area contributed by atoms with Crippen LogP contribution in [0.15, 0.2) is 41.6 Å². The molecular formula is C16H16N6O4S. The summed E-state index contributed by atoms with van der Waals surface area (Å²) < 4.78 is 6.39. The standard InChI is InChI=1S/C16H16N6O4S/c1-26-8-7-17-15(23)10-27-16-19-18-14-6-5-13(20-21(14)16)11-3-2-4-12(9-11)22(24)25/h2-6,9H,7-8,10H2,1H3,(H,17,23). The number of benzene rings is 1. The highest BCUT2D eigenvalue weighted by Crippen LogP contribution is 2.23. The first-order chi connectivity index (χ1) is 13.1. The van der Waals surface area contributed by atoms with E-state index in [0.29, 0.717) is 35.2 Å². The average Bonchev–Trinajstić information content (AvgIpc) is 3.09. The third-order valence-corrected chi connectivity index (χ3v) is 4.47. The molecule has 3 aromatic rings. The number of carbonyl (C=O) groups excluding carboxylic acids is 1. The molecule has 11 heteroatoms. The Morgan fingerprint density at radius 3 is 2.96 bits per heavy atom. The Morgan fingerprint density at radius 2 is 2.19 bits per heavy atom. The molecule has 0 atom stereocenters. The van der Waals surface area contributed by atoms with Crippen molar-refractivity contribution in [3.8, 4) is 11.3 Å². The number of ether oxygens (including phenoxy) is 1. The van der Waals surface area contributed by atoms with Crippen molar-refractivity contribution in [3.63, 3.8) is 0 Å². The Bertz CT molecular complexity index is 976. The van der Waals surface area contributed by atoms with Crippen molar-refractivity contribution < 1.29 is 14.5 Å². The van der Waals surface area contributed by atoms with E-state index in [-0.39, 0.29) is 17.3 Å². The van der Waals surface area contributed by atoms with Gasteiger partial charge in [0, 0.05) is 31.4 Å². The van der Waals surface area contributed by atoms with Gasteiger partial charge < -0.3 is 10.1 Å². The normalized spacial score (nSPS) is 10.9. The van der Waals surface area contributed by atoms with E-state index in [9.17, 15) is 14.9 Å². The van der Waals surface area contributed by atoms with Gasteiger partial charge in [-0.3, -0.25) is 14.9 Å². The second kappa shape index (κ2) is 8.56. The monoisotopic (exact) mass is 388 g/mol. The summed E-state index contributed by atoms with van der Waals surface area (Å²) in [6, 6.07) is 9.65. The lowest BCUT2D eigenvalue weighted by molar-refractivity contribution is -0.384. The highest BCUT2D eigenvalue weighted by atomic mass is 32.2. The minimum Gasteiger partial charge on any atom is -0.383 e. The highest BCUT2D eigenvalue weighted by molar-refractivity contribution is 7.99. The van der Waals surface area contributed by atoms with Crippen LogP contribution >= 0.6 is 11.8 Å². The lowest BCUT2D eigenvalue weighted by Crippen LogP contribution is -2.28. The van der Waals surface area contributed by atoms with Crippen molar-refractivity contribution in [1.82, 2.24) is 25.1 Å². The number of nitrogens with one attached hydrogen (secondary N) is 1. The van der Waals surface area contributed by atoms with Crippen LogP contribution in [0, 0.1) is 10.1 Å². The average molecular weight is 388 g/mol. The molecule has 3 rings (SSSR count). The molecule has 2 heterocycles. The number of methoxy groups -OCH3 is 1. The van der Waals surface area contributed by atoms with E-state index in [1.807, 2.05) is 0 Å². The number of fused-ring (bicyclic) bond motifs is 1. The fraction of sp³-hybridized carbons (Fsp3) is 0.250. The summed E-state index contributed by atoms with van der Waals surface area (Å²) in [7, 11) is 1.56. The van der Waals surface area contributed by atoms with E-state index in [0.717, 1.165) is 0 Å². The number of nitrogens with zero attached hydrogens (tertiary/aromatic N) is 5. The zero-order chi connectivity index (χ0) is 19.2. The maximum absolute atomic E-state index is 11.8. The summed E-state index contributed by atoms with van der Waals surface area (Å²) in [4.78, 5) is 22.3. The van der Waals surface area contributed by atoms with Gasteiger partial charge >= 0.3 is 0 Å². The van der Waals surface area contributed by atoms with Gasteiger partial charge in [0.25, 0.3) is 5.69 Å². The number of carbonyl (C=O) groups is 1. The fourth-order valence-electron chi connectivity index (χ4n) is 2.27. The number of hydrogen-bond donors (Lipinski definition) is 1. The number of aromatic nitrogens is 4. The van der Waals surface area contributed by atoms with E-state index >= 15 is 0 Å². The molecule has 0 spiro atoms. The number of thioether (sulfide) groups is 1. The Labute approximate surface area is 158 Å². The summed E-state index contributed by atoms with van der Waals surface area (Å²) in [6.45, 7) is 0.879. The predicted molar refractivity (Wildman–Crippen MR) is 98.5 cm³/mol. The number of nitro benzene ring substituents is 1. The molecule has 140 valence electrons. The second-order valence-corrected chi connectivity index (χ2v) is 6.35. The van der Waals surface area contributed by atoms with Crippen LogP contribution in [-0.4, -0.2) is 56.7 Å². The van der Waals surface area contributed by atoms with Gasteiger partial charge in [-0.15, -0.1) is 10.2 Å². The van der Waals surface area contributed by atoms with E-state index in [1.165, 1.54) is 28.4 Å². The Hall–Kier alpha value is -3.05. The van der Waals surface area contributed by atoms with Gasteiger partial charge in [0.05, 0.1) is 23.0 Å². The lowest BCUT2D eigenvalue weighted by Gasteiger charge is -2.04. The topological polar surface area (TPSA) is 125 Å². The first kappa shape index (κ1) is 18.7. The molecule has 0 aliphatic rings. The van der Waals surface area contributed by atoms with Gasteiger partial charge in [0.1, 0.15) is 0 Å². The number of non-ortho nitro benzene ring substituents is 1. The number of hydrogen-bond acceptors (Lipinski definition) is 8. The van der Waals surface area contributed by atoms with Crippen LogP contribution in [0.4, 0.5) is 5.69 Å². The van der Waals surface area contributed by atoms with Crippen LogP contribution in [0.1, 0.15) is 0 Å². The van der Waals surface area contributed by atoms with Gasteiger partial charge in [-0.2, -0.15) is 9.61 Å². The number of nitro groups is 1. The van der Waals surface area contributed by atoms with Crippen LogP contribution in [0.25, 0.3) is 16.9 Å². The summed E-state index contributed by atoms with van der Waals surface area (Å²) in [5.41, 5.74) is 1.65. The maximum Gasteiger partial charge on any atom is 0.270 e. The van der Waals surface area contributed by atoms with Crippen LogP contribution in [0.3, 0.4) is 0 Å². The molecular weight excluding hydrogens is 372 g/mol. The Kier molecular flexibility index (Phi) is 5.94. The van der Waals surface area contributed by atoms with E-state index in [4.69, 9.17) is 4.74 Å². The third kappa shape index (κ3) is 4.57. The molecule has 0 aliphatic heterocycles. The van der Waals surface area contributed by atoms with Gasteiger partial charge in [0.15, 0.2) is 5.65 Å². The molecule has 0 bridgehead atoms. The van der Waals surface area contributed by atoms with Crippen molar-refractivity contribution in [3.05, 3.63) is 46.5 Å². The van der Waals surface area contributed by atoms with Gasteiger partial charge in [-0.25, -0.2) is 0 Å². The van der Waals surface area contributed by atoms with Crippen molar-refractivity contribution in [2.24, 2.45) is 0 Å². The molecule has 27 heavy (non-hydrogen) atoms. The quantitative estimate of drug-likeness (QED) is 0.267. The van der Waals surface area contributed by atoms with E-state index in [2.05, 4.69) is 20.6 Å². The summed E-state index contributed by atoms with van der Waals surface area (Å²) in [5, 5.41) is 26.7. The minimum absolute atomic E-state index is 0.0134. The van der Waals surface area contributed by atoms with Crippen molar-refractivity contribution in [2.45, 2.75) is 5.16 Å². The van der Waals surface area contributed by atoms with Gasteiger partial charge in [0.2, 0.25) is 11.1 Å². The molecule has 0 saturated heterocycles. The molecule has 1 aromatic carbocycles. The lowest BCUT2D eigenvalue weighted by atomic mass is 10.1. The van der Waals surface area contributed by atoms with Crippen LogP contribution in [-0.2, 0) is 9.53 Å². The molecule has 1 N–H and O–H groups in total.